The Morgan fingerprint density at radius 3 is 3.15 bits per heavy atom. The lowest BCUT2D eigenvalue weighted by atomic mass is 10.2. The predicted molar refractivity (Wildman–Crippen MR) is 72.7 cm³/mol. The van der Waals surface area contributed by atoms with Gasteiger partial charge in [-0.2, -0.15) is 5.10 Å². The van der Waals surface area contributed by atoms with Crippen molar-refractivity contribution < 1.29 is 9.47 Å². The van der Waals surface area contributed by atoms with Gasteiger partial charge in [-0.1, -0.05) is 0 Å². The normalized spacial score (nSPS) is 18.6. The lowest BCUT2D eigenvalue weighted by Crippen LogP contribution is -2.08. The summed E-state index contributed by atoms with van der Waals surface area (Å²) in [6, 6.07) is 3.87. The topological polar surface area (TPSA) is 62.1 Å². The molecule has 0 amide bonds. The van der Waals surface area contributed by atoms with Crippen molar-refractivity contribution in [1.29, 1.82) is 0 Å². The van der Waals surface area contributed by atoms with Crippen LogP contribution in [-0.2, 0) is 15.9 Å². The smallest absolute Gasteiger partial charge is 0.161 e. The van der Waals surface area contributed by atoms with Gasteiger partial charge in [0.25, 0.3) is 0 Å². The molecule has 0 bridgehead atoms. The Labute approximate surface area is 117 Å². The van der Waals surface area contributed by atoms with E-state index in [0.717, 1.165) is 36.8 Å². The van der Waals surface area contributed by atoms with Crippen LogP contribution in [0.15, 0.2) is 24.5 Å². The van der Waals surface area contributed by atoms with Gasteiger partial charge < -0.3 is 9.47 Å². The van der Waals surface area contributed by atoms with Gasteiger partial charge in [-0.25, -0.2) is 9.67 Å². The summed E-state index contributed by atoms with van der Waals surface area (Å²) in [5, 5.41) is 4.57. The van der Waals surface area contributed by atoms with Gasteiger partial charge in [-0.3, -0.25) is 4.98 Å². The molecule has 3 heterocycles. The second-order valence-electron chi connectivity index (χ2n) is 4.75. The number of methoxy groups -OCH3 is 1. The summed E-state index contributed by atoms with van der Waals surface area (Å²) in [5.41, 5.74) is 0.911. The highest BCUT2D eigenvalue weighted by atomic mass is 16.5. The highest BCUT2D eigenvalue weighted by Gasteiger charge is 2.25. The lowest BCUT2D eigenvalue weighted by molar-refractivity contribution is 0.103. The van der Waals surface area contributed by atoms with E-state index in [1.54, 1.807) is 19.5 Å². The molecule has 0 aromatic carbocycles. The Hall–Kier alpha value is -1.79. The molecule has 6 heteroatoms. The Kier molecular flexibility index (Phi) is 4.03. The van der Waals surface area contributed by atoms with Gasteiger partial charge in [0, 0.05) is 26.3 Å². The van der Waals surface area contributed by atoms with Crippen molar-refractivity contribution in [2.45, 2.75) is 25.4 Å². The fraction of sp³-hybridized carbons (Fsp3) is 0.500. The average molecular weight is 274 g/mol. The van der Waals surface area contributed by atoms with E-state index in [1.807, 2.05) is 16.8 Å². The van der Waals surface area contributed by atoms with Gasteiger partial charge in [0.05, 0.1) is 18.5 Å². The first-order valence-corrected chi connectivity index (χ1v) is 6.85. The van der Waals surface area contributed by atoms with Crippen molar-refractivity contribution in [3.63, 3.8) is 0 Å². The van der Waals surface area contributed by atoms with Gasteiger partial charge in [0.15, 0.2) is 11.6 Å². The van der Waals surface area contributed by atoms with Crippen molar-refractivity contribution in [2.75, 3.05) is 20.3 Å². The van der Waals surface area contributed by atoms with Crippen molar-refractivity contribution in [3.05, 3.63) is 36.2 Å². The molecular weight excluding hydrogens is 256 g/mol. The van der Waals surface area contributed by atoms with E-state index in [4.69, 9.17) is 9.47 Å². The molecule has 1 aliphatic heterocycles. The van der Waals surface area contributed by atoms with E-state index >= 15 is 0 Å². The zero-order valence-electron chi connectivity index (χ0n) is 11.5. The first kappa shape index (κ1) is 13.2. The minimum absolute atomic E-state index is 0.0269. The van der Waals surface area contributed by atoms with E-state index in [2.05, 4.69) is 15.1 Å². The number of nitrogens with zero attached hydrogens (tertiary/aromatic N) is 4. The molecule has 20 heavy (non-hydrogen) atoms. The van der Waals surface area contributed by atoms with Gasteiger partial charge in [0.1, 0.15) is 6.10 Å². The first-order valence-electron chi connectivity index (χ1n) is 6.85. The Morgan fingerprint density at radius 1 is 1.50 bits per heavy atom. The highest BCUT2D eigenvalue weighted by Crippen LogP contribution is 2.28. The van der Waals surface area contributed by atoms with Crippen LogP contribution in [0, 0.1) is 0 Å². The summed E-state index contributed by atoms with van der Waals surface area (Å²) >= 11 is 0. The monoisotopic (exact) mass is 274 g/mol. The summed E-state index contributed by atoms with van der Waals surface area (Å²) in [6.45, 7) is 1.40. The summed E-state index contributed by atoms with van der Waals surface area (Å²) in [6.07, 6.45) is 6.31. The lowest BCUT2D eigenvalue weighted by Gasteiger charge is -2.10. The van der Waals surface area contributed by atoms with Crippen LogP contribution in [-0.4, -0.2) is 40.1 Å². The van der Waals surface area contributed by atoms with Crippen molar-refractivity contribution in [1.82, 2.24) is 19.7 Å². The van der Waals surface area contributed by atoms with E-state index in [0.29, 0.717) is 13.0 Å². The van der Waals surface area contributed by atoms with Crippen molar-refractivity contribution >= 4 is 0 Å². The maximum atomic E-state index is 5.74. The quantitative estimate of drug-likeness (QED) is 0.830. The van der Waals surface area contributed by atoms with E-state index in [9.17, 15) is 0 Å². The summed E-state index contributed by atoms with van der Waals surface area (Å²) < 4.78 is 12.7. The molecule has 0 aliphatic carbocycles. The molecule has 1 aliphatic rings. The largest absolute Gasteiger partial charge is 0.384 e. The van der Waals surface area contributed by atoms with Crippen LogP contribution in [0.1, 0.15) is 30.6 Å². The number of aromatic nitrogens is 4. The minimum atomic E-state index is 0.0269. The Morgan fingerprint density at radius 2 is 2.45 bits per heavy atom. The Bertz CT molecular complexity index is 550. The molecular formula is C14H18N4O2. The molecule has 1 unspecified atom stereocenters. The van der Waals surface area contributed by atoms with Crippen LogP contribution in [0.5, 0.6) is 0 Å². The molecule has 0 N–H and O–H groups in total. The molecule has 0 saturated carbocycles. The summed E-state index contributed by atoms with van der Waals surface area (Å²) in [7, 11) is 1.68. The van der Waals surface area contributed by atoms with E-state index in [-0.39, 0.29) is 6.10 Å². The fourth-order valence-electron chi connectivity index (χ4n) is 2.33. The number of hydrogen-bond donors (Lipinski definition) is 0. The third-order valence-corrected chi connectivity index (χ3v) is 3.31. The second kappa shape index (κ2) is 6.11. The number of ether oxygens (including phenoxy) is 2. The molecule has 0 spiro atoms. The molecule has 1 saturated heterocycles. The standard InChI is InChI=1S/C14H18N4O2/c1-19-9-6-13-16-14(12-5-3-8-20-12)18(17-13)11-4-2-7-15-10-11/h2,4,7,10,12H,3,5-6,8-9H2,1H3. The molecule has 2 aromatic rings. The highest BCUT2D eigenvalue weighted by molar-refractivity contribution is 5.28. The average Bonchev–Trinajstić information content (AvgIpc) is 3.15. The van der Waals surface area contributed by atoms with Crippen LogP contribution >= 0.6 is 0 Å². The van der Waals surface area contributed by atoms with Gasteiger partial charge in [0.2, 0.25) is 0 Å². The van der Waals surface area contributed by atoms with Crippen LogP contribution in [0.3, 0.4) is 0 Å². The molecule has 106 valence electrons. The van der Waals surface area contributed by atoms with Gasteiger partial charge >= 0.3 is 0 Å². The van der Waals surface area contributed by atoms with Crippen molar-refractivity contribution in [3.8, 4) is 5.69 Å². The van der Waals surface area contributed by atoms with Gasteiger partial charge in [-0.05, 0) is 25.0 Å². The molecule has 1 fully saturated rings. The SMILES string of the molecule is COCCc1nc(C2CCCO2)n(-c2cccnc2)n1. The van der Waals surface area contributed by atoms with Gasteiger partial charge in [-0.15, -0.1) is 0 Å². The van der Waals surface area contributed by atoms with Crippen molar-refractivity contribution in [2.24, 2.45) is 0 Å². The fourth-order valence-corrected chi connectivity index (χ4v) is 2.33. The number of rotatable bonds is 5. The first-order chi connectivity index (χ1) is 9.88. The minimum Gasteiger partial charge on any atom is -0.384 e. The zero-order chi connectivity index (χ0) is 13.8. The molecule has 6 nitrogen and oxygen atoms in total. The van der Waals surface area contributed by atoms with Crippen LogP contribution in [0.2, 0.25) is 0 Å². The zero-order valence-corrected chi connectivity index (χ0v) is 11.5. The predicted octanol–water partition coefficient (Wildman–Crippen LogP) is 1.70. The summed E-state index contributed by atoms with van der Waals surface area (Å²) in [4.78, 5) is 8.77. The third kappa shape index (κ3) is 2.71. The van der Waals surface area contributed by atoms with Crippen LogP contribution < -0.4 is 0 Å². The Balaban J connectivity index is 1.95. The number of pyridine rings is 1. The van der Waals surface area contributed by atoms with Crippen LogP contribution in [0.4, 0.5) is 0 Å². The number of hydrogen-bond acceptors (Lipinski definition) is 5. The molecule has 3 rings (SSSR count). The van der Waals surface area contributed by atoms with E-state index < -0.39 is 0 Å². The maximum Gasteiger partial charge on any atom is 0.161 e. The third-order valence-electron chi connectivity index (χ3n) is 3.31. The molecule has 1 atom stereocenters. The summed E-state index contributed by atoms with van der Waals surface area (Å²) in [5.74, 6) is 1.64. The van der Waals surface area contributed by atoms with Crippen LogP contribution in [0.25, 0.3) is 5.69 Å². The second-order valence-corrected chi connectivity index (χ2v) is 4.75. The molecule has 2 aromatic heterocycles. The van der Waals surface area contributed by atoms with E-state index in [1.165, 1.54) is 0 Å². The maximum absolute atomic E-state index is 5.74. The molecule has 0 radical (unpaired) electrons.